The lowest BCUT2D eigenvalue weighted by Crippen LogP contribution is -1.97. The number of methoxy groups -OCH3 is 1. The summed E-state index contributed by atoms with van der Waals surface area (Å²) in [5.41, 5.74) is 0.949. The monoisotopic (exact) mass is 138 g/mol. The summed E-state index contributed by atoms with van der Waals surface area (Å²) in [5.74, 6) is 1.47. The molecule has 1 aliphatic heterocycles. The van der Waals surface area contributed by atoms with Crippen molar-refractivity contribution in [1.29, 1.82) is 0 Å². The molecule has 0 amide bonds. The van der Waals surface area contributed by atoms with Crippen LogP contribution in [-0.4, -0.2) is 7.11 Å². The second-order valence-electron chi connectivity index (χ2n) is 2.04. The Hall–Kier alpha value is -1.18. The third-order valence-electron chi connectivity index (χ3n) is 1.44. The highest BCUT2D eigenvalue weighted by Gasteiger charge is 2.07. The Morgan fingerprint density at radius 3 is 2.80 bits per heavy atom. The van der Waals surface area contributed by atoms with Crippen molar-refractivity contribution in [3.63, 3.8) is 0 Å². The average molecular weight is 138 g/mol. The van der Waals surface area contributed by atoms with Gasteiger partial charge in [0.15, 0.2) is 0 Å². The first kappa shape index (κ1) is 6.93. The van der Waals surface area contributed by atoms with Crippen LogP contribution in [-0.2, 0) is 9.47 Å². The average Bonchev–Trinajstić information content (AvgIpc) is 1.95. The number of rotatable bonds is 1. The van der Waals surface area contributed by atoms with Gasteiger partial charge in [0.1, 0.15) is 11.5 Å². The number of ether oxygens (including phenoxy) is 2. The molecule has 0 saturated heterocycles. The molecule has 10 heavy (non-hydrogen) atoms. The summed E-state index contributed by atoms with van der Waals surface area (Å²) in [5, 5.41) is 0. The maximum absolute atomic E-state index is 5.03. The zero-order valence-corrected chi connectivity index (χ0v) is 6.18. The largest absolute Gasteiger partial charge is 0.496 e. The summed E-state index contributed by atoms with van der Waals surface area (Å²) in [4.78, 5) is 0. The molecule has 1 rings (SSSR count). The molecule has 2 nitrogen and oxygen atoms in total. The summed E-state index contributed by atoms with van der Waals surface area (Å²) < 4.78 is 10.0. The van der Waals surface area contributed by atoms with Crippen molar-refractivity contribution in [2.45, 2.75) is 6.92 Å². The fourth-order valence-corrected chi connectivity index (χ4v) is 0.750. The zero-order valence-electron chi connectivity index (χ0n) is 6.18. The molecule has 0 fully saturated rings. The van der Waals surface area contributed by atoms with Gasteiger partial charge in [0, 0.05) is 11.6 Å². The standard InChI is InChI=1S/C8H10O2/c1-6-7(2)10-5-4-8(6)9-3/h4-5H,2H2,1,3H3. The normalized spacial score (nSPS) is 17.2. The van der Waals surface area contributed by atoms with E-state index < -0.39 is 0 Å². The third-order valence-corrected chi connectivity index (χ3v) is 1.44. The topological polar surface area (TPSA) is 18.5 Å². The Kier molecular flexibility index (Phi) is 1.81. The molecule has 0 aliphatic carbocycles. The van der Waals surface area contributed by atoms with Crippen LogP contribution in [0.1, 0.15) is 6.92 Å². The maximum Gasteiger partial charge on any atom is 0.128 e. The highest BCUT2D eigenvalue weighted by atomic mass is 16.5. The molecule has 54 valence electrons. The van der Waals surface area contributed by atoms with E-state index in [2.05, 4.69) is 6.58 Å². The molecule has 0 aromatic carbocycles. The summed E-state index contributed by atoms with van der Waals surface area (Å²) in [6.07, 6.45) is 3.33. The van der Waals surface area contributed by atoms with E-state index in [1.165, 1.54) is 0 Å². The van der Waals surface area contributed by atoms with Crippen LogP contribution < -0.4 is 0 Å². The lowest BCUT2D eigenvalue weighted by molar-refractivity contribution is 0.278. The molecular weight excluding hydrogens is 128 g/mol. The molecule has 0 spiro atoms. The van der Waals surface area contributed by atoms with Crippen molar-refractivity contribution in [2.75, 3.05) is 7.11 Å². The van der Waals surface area contributed by atoms with Gasteiger partial charge in [-0.1, -0.05) is 6.58 Å². The van der Waals surface area contributed by atoms with E-state index in [9.17, 15) is 0 Å². The smallest absolute Gasteiger partial charge is 0.128 e. The van der Waals surface area contributed by atoms with Gasteiger partial charge in [-0.15, -0.1) is 0 Å². The van der Waals surface area contributed by atoms with Crippen LogP contribution in [0.15, 0.2) is 36.0 Å². The molecule has 0 unspecified atom stereocenters. The van der Waals surface area contributed by atoms with Gasteiger partial charge in [-0.2, -0.15) is 0 Å². The molecule has 0 bridgehead atoms. The van der Waals surface area contributed by atoms with Gasteiger partial charge in [-0.05, 0) is 6.92 Å². The van der Waals surface area contributed by atoms with Gasteiger partial charge in [0.2, 0.25) is 0 Å². The fraction of sp³-hybridized carbons (Fsp3) is 0.250. The van der Waals surface area contributed by atoms with Crippen LogP contribution in [0.4, 0.5) is 0 Å². The molecule has 0 atom stereocenters. The van der Waals surface area contributed by atoms with E-state index in [0.29, 0.717) is 5.76 Å². The van der Waals surface area contributed by atoms with Crippen LogP contribution in [0, 0.1) is 0 Å². The van der Waals surface area contributed by atoms with Crippen molar-refractivity contribution in [1.82, 2.24) is 0 Å². The molecule has 0 aromatic rings. The molecule has 0 radical (unpaired) electrons. The molecule has 1 heterocycles. The number of allylic oxidation sites excluding steroid dienone is 2. The maximum atomic E-state index is 5.03. The molecule has 0 saturated carbocycles. The van der Waals surface area contributed by atoms with E-state index >= 15 is 0 Å². The van der Waals surface area contributed by atoms with E-state index in [0.717, 1.165) is 11.3 Å². The van der Waals surface area contributed by atoms with E-state index in [-0.39, 0.29) is 0 Å². The number of hydrogen-bond donors (Lipinski definition) is 0. The van der Waals surface area contributed by atoms with Gasteiger partial charge in [0.25, 0.3) is 0 Å². The van der Waals surface area contributed by atoms with Gasteiger partial charge in [0.05, 0.1) is 13.4 Å². The Morgan fingerprint density at radius 1 is 1.60 bits per heavy atom. The van der Waals surface area contributed by atoms with Crippen molar-refractivity contribution in [2.24, 2.45) is 0 Å². The first-order chi connectivity index (χ1) is 4.75. The molecule has 1 aliphatic rings. The minimum atomic E-state index is 0.652. The SMILES string of the molecule is C=C1OC=CC(OC)=C1C. The quantitative estimate of drug-likeness (QED) is 0.551. The highest BCUT2D eigenvalue weighted by molar-refractivity contribution is 5.33. The van der Waals surface area contributed by atoms with Crippen molar-refractivity contribution in [3.05, 3.63) is 36.0 Å². The second kappa shape index (κ2) is 2.60. The predicted molar refractivity (Wildman–Crippen MR) is 39.1 cm³/mol. The van der Waals surface area contributed by atoms with Crippen molar-refractivity contribution in [3.8, 4) is 0 Å². The summed E-state index contributed by atoms with van der Waals surface area (Å²) in [6.45, 7) is 5.59. The summed E-state index contributed by atoms with van der Waals surface area (Å²) >= 11 is 0. The highest BCUT2D eigenvalue weighted by Crippen LogP contribution is 2.20. The molecule has 2 heteroatoms. The van der Waals surface area contributed by atoms with Crippen LogP contribution in [0.2, 0.25) is 0 Å². The van der Waals surface area contributed by atoms with Gasteiger partial charge < -0.3 is 9.47 Å². The third kappa shape index (κ3) is 1.05. The Bertz CT molecular complexity index is 211. The van der Waals surface area contributed by atoms with Crippen LogP contribution >= 0.6 is 0 Å². The van der Waals surface area contributed by atoms with Crippen LogP contribution in [0.5, 0.6) is 0 Å². The Morgan fingerprint density at radius 2 is 2.30 bits per heavy atom. The van der Waals surface area contributed by atoms with Crippen LogP contribution in [0.3, 0.4) is 0 Å². The molecular formula is C8H10O2. The molecule has 0 aromatic heterocycles. The van der Waals surface area contributed by atoms with Gasteiger partial charge in [-0.3, -0.25) is 0 Å². The van der Waals surface area contributed by atoms with Crippen LogP contribution in [0.25, 0.3) is 0 Å². The first-order valence-corrected chi connectivity index (χ1v) is 3.03. The fourth-order valence-electron chi connectivity index (χ4n) is 0.750. The Balaban J connectivity index is 2.93. The zero-order chi connectivity index (χ0) is 7.56. The molecule has 0 N–H and O–H groups in total. The second-order valence-corrected chi connectivity index (χ2v) is 2.04. The van der Waals surface area contributed by atoms with E-state index in [1.54, 1.807) is 19.4 Å². The summed E-state index contributed by atoms with van der Waals surface area (Å²) in [7, 11) is 1.63. The predicted octanol–water partition coefficient (Wildman–Crippen LogP) is 1.96. The van der Waals surface area contributed by atoms with E-state index in [4.69, 9.17) is 9.47 Å². The van der Waals surface area contributed by atoms with Crippen molar-refractivity contribution < 1.29 is 9.47 Å². The summed E-state index contributed by atoms with van der Waals surface area (Å²) in [6, 6.07) is 0. The minimum absolute atomic E-state index is 0.652. The van der Waals surface area contributed by atoms with Crippen molar-refractivity contribution >= 4 is 0 Å². The Labute approximate surface area is 60.4 Å². The first-order valence-electron chi connectivity index (χ1n) is 3.03. The van der Waals surface area contributed by atoms with Gasteiger partial charge in [-0.25, -0.2) is 0 Å². The lowest BCUT2D eigenvalue weighted by atomic mass is 10.2. The van der Waals surface area contributed by atoms with Gasteiger partial charge >= 0.3 is 0 Å². The number of hydrogen-bond acceptors (Lipinski definition) is 2. The minimum Gasteiger partial charge on any atom is -0.496 e. The van der Waals surface area contributed by atoms with E-state index in [1.807, 2.05) is 6.92 Å². The lowest BCUT2D eigenvalue weighted by Gasteiger charge is -2.13.